The monoisotopic (exact) mass is 262 g/mol. The lowest BCUT2D eigenvalue weighted by molar-refractivity contribution is 0.415. The number of benzene rings is 2. The lowest BCUT2D eigenvalue weighted by atomic mass is 10.1. The number of pyridine rings is 1. The summed E-state index contributed by atoms with van der Waals surface area (Å²) in [5.74, 6) is 0.858. The first kappa shape index (κ1) is 11.3. The minimum atomic E-state index is 0.858. The zero-order valence-electron chi connectivity index (χ0n) is 11.4. The molecule has 0 N–H and O–H groups in total. The van der Waals surface area contributed by atoms with E-state index in [9.17, 15) is 0 Å². The lowest BCUT2D eigenvalue weighted by Crippen LogP contribution is -1.96. The Balaban J connectivity index is 2.22. The maximum absolute atomic E-state index is 5.35. The molecule has 3 nitrogen and oxygen atoms in total. The predicted octanol–water partition coefficient (Wildman–Crippen LogP) is 3.84. The van der Waals surface area contributed by atoms with E-state index in [4.69, 9.17) is 9.72 Å². The molecule has 2 aromatic carbocycles. The van der Waals surface area contributed by atoms with Gasteiger partial charge in [0.25, 0.3) is 0 Å². The third-order valence-electron chi connectivity index (χ3n) is 3.84. The molecule has 0 unspecified atom stereocenters. The van der Waals surface area contributed by atoms with E-state index in [0.717, 1.165) is 27.9 Å². The molecule has 20 heavy (non-hydrogen) atoms. The number of ether oxygens (including phenoxy) is 1. The molecule has 0 amide bonds. The van der Waals surface area contributed by atoms with E-state index < -0.39 is 0 Å². The molecule has 0 aromatic heterocycles. The summed E-state index contributed by atoms with van der Waals surface area (Å²) in [6, 6.07) is 14.4. The van der Waals surface area contributed by atoms with E-state index in [1.54, 1.807) is 7.11 Å². The van der Waals surface area contributed by atoms with E-state index in [1.807, 2.05) is 12.1 Å². The van der Waals surface area contributed by atoms with E-state index in [2.05, 4.69) is 48.1 Å². The van der Waals surface area contributed by atoms with Crippen LogP contribution < -0.4 is 4.74 Å². The van der Waals surface area contributed by atoms with Crippen LogP contribution in [0.4, 0.5) is 0 Å². The molecule has 2 aliphatic rings. The molecule has 0 fully saturated rings. The van der Waals surface area contributed by atoms with Crippen LogP contribution in [0.5, 0.6) is 5.75 Å². The molecule has 0 aliphatic carbocycles. The third-order valence-corrected chi connectivity index (χ3v) is 3.84. The SMILES string of the molecule is COc1ccc2c(c1)c1nc3ccccc3c-1cn2C. The van der Waals surface area contributed by atoms with Crippen LogP contribution in [-0.4, -0.2) is 16.7 Å². The fourth-order valence-electron chi connectivity index (χ4n) is 2.85. The van der Waals surface area contributed by atoms with Crippen LogP contribution >= 0.6 is 0 Å². The number of methoxy groups -OCH3 is 1. The van der Waals surface area contributed by atoms with Crippen molar-refractivity contribution in [1.29, 1.82) is 0 Å². The molecule has 0 bridgehead atoms. The smallest absolute Gasteiger partial charge is 0.119 e. The van der Waals surface area contributed by atoms with Gasteiger partial charge in [0.15, 0.2) is 0 Å². The van der Waals surface area contributed by atoms with Crippen LogP contribution in [-0.2, 0) is 7.05 Å². The van der Waals surface area contributed by atoms with Gasteiger partial charge in [-0.25, -0.2) is 4.98 Å². The normalized spacial score (nSPS) is 11.5. The molecule has 0 saturated heterocycles. The minimum absolute atomic E-state index is 0.858. The van der Waals surface area contributed by atoms with E-state index in [0.29, 0.717) is 0 Å². The predicted molar refractivity (Wildman–Crippen MR) is 81.4 cm³/mol. The Bertz CT molecular complexity index is 908. The molecule has 2 aromatic rings. The van der Waals surface area contributed by atoms with Crippen LogP contribution in [0.2, 0.25) is 0 Å². The first-order chi connectivity index (χ1) is 9.78. The van der Waals surface area contributed by atoms with Crippen LogP contribution in [0.15, 0.2) is 48.7 Å². The van der Waals surface area contributed by atoms with Gasteiger partial charge in [-0.3, -0.25) is 0 Å². The molecule has 2 aliphatic heterocycles. The van der Waals surface area contributed by atoms with Gasteiger partial charge in [0, 0.05) is 29.6 Å². The topological polar surface area (TPSA) is 27.1 Å². The third kappa shape index (κ3) is 1.43. The maximum Gasteiger partial charge on any atom is 0.119 e. The van der Waals surface area contributed by atoms with Crippen molar-refractivity contribution >= 4 is 21.8 Å². The molecular formula is C17H14N2O. The summed E-state index contributed by atoms with van der Waals surface area (Å²) >= 11 is 0. The van der Waals surface area contributed by atoms with Crippen molar-refractivity contribution in [3.8, 4) is 17.0 Å². The highest BCUT2D eigenvalue weighted by Crippen LogP contribution is 2.37. The summed E-state index contributed by atoms with van der Waals surface area (Å²) in [5, 5.41) is 2.32. The number of rotatable bonds is 1. The zero-order chi connectivity index (χ0) is 13.7. The van der Waals surface area contributed by atoms with Crippen LogP contribution in [0, 0.1) is 0 Å². The van der Waals surface area contributed by atoms with Gasteiger partial charge in [0.05, 0.1) is 23.8 Å². The van der Waals surface area contributed by atoms with Gasteiger partial charge in [0.2, 0.25) is 0 Å². The van der Waals surface area contributed by atoms with Crippen molar-refractivity contribution in [2.45, 2.75) is 0 Å². The Kier molecular flexibility index (Phi) is 2.24. The van der Waals surface area contributed by atoms with E-state index >= 15 is 0 Å². The van der Waals surface area contributed by atoms with Crippen LogP contribution in [0.1, 0.15) is 0 Å². The number of aromatic nitrogens is 2. The maximum atomic E-state index is 5.35. The molecule has 0 atom stereocenters. The first-order valence-corrected chi connectivity index (χ1v) is 6.59. The molecule has 4 rings (SSSR count). The molecule has 98 valence electrons. The lowest BCUT2D eigenvalue weighted by Gasteiger charge is -2.11. The summed E-state index contributed by atoms with van der Waals surface area (Å²) in [6.45, 7) is 0. The zero-order valence-corrected chi connectivity index (χ0v) is 11.4. The van der Waals surface area contributed by atoms with Crippen molar-refractivity contribution in [3.63, 3.8) is 0 Å². The highest BCUT2D eigenvalue weighted by Gasteiger charge is 2.16. The van der Waals surface area contributed by atoms with Gasteiger partial charge in [-0.05, 0) is 24.3 Å². The number of hydrogen-bond donors (Lipinski definition) is 0. The first-order valence-electron chi connectivity index (χ1n) is 6.59. The molecule has 0 spiro atoms. The van der Waals surface area contributed by atoms with Gasteiger partial charge in [-0.15, -0.1) is 0 Å². The Morgan fingerprint density at radius 3 is 2.75 bits per heavy atom. The number of fused-ring (bicyclic) bond motifs is 5. The second-order valence-corrected chi connectivity index (χ2v) is 5.01. The number of para-hydroxylation sites is 1. The standard InChI is InChI=1S/C17H14N2O/c1-19-10-14-12-5-3-4-6-15(12)18-17(14)13-9-11(20-2)7-8-16(13)19/h3-10H,1-2H3. The summed E-state index contributed by atoms with van der Waals surface area (Å²) in [7, 11) is 3.76. The molecule has 3 heteroatoms. The Labute approximate surface area is 116 Å². The van der Waals surface area contributed by atoms with Crippen molar-refractivity contribution < 1.29 is 4.74 Å². The molecule has 0 saturated carbocycles. The largest absolute Gasteiger partial charge is 0.497 e. The summed E-state index contributed by atoms with van der Waals surface area (Å²) in [4.78, 5) is 4.79. The van der Waals surface area contributed by atoms with Crippen molar-refractivity contribution in [3.05, 3.63) is 48.7 Å². The van der Waals surface area contributed by atoms with Gasteiger partial charge in [-0.2, -0.15) is 0 Å². The second-order valence-electron chi connectivity index (χ2n) is 5.01. The van der Waals surface area contributed by atoms with Gasteiger partial charge < -0.3 is 9.30 Å². The average molecular weight is 262 g/mol. The number of aryl methyl sites for hydroxylation is 1. The molecule has 2 heterocycles. The highest BCUT2D eigenvalue weighted by atomic mass is 16.5. The van der Waals surface area contributed by atoms with Crippen molar-refractivity contribution in [2.75, 3.05) is 7.11 Å². The van der Waals surface area contributed by atoms with Gasteiger partial charge in [-0.1, -0.05) is 18.2 Å². The fraction of sp³-hybridized carbons (Fsp3) is 0.118. The minimum Gasteiger partial charge on any atom is -0.497 e. The van der Waals surface area contributed by atoms with Gasteiger partial charge in [0.1, 0.15) is 5.75 Å². The second kappa shape index (κ2) is 3.97. The highest BCUT2D eigenvalue weighted by molar-refractivity contribution is 6.06. The Hall–Kier alpha value is -2.55. The van der Waals surface area contributed by atoms with Crippen molar-refractivity contribution in [2.24, 2.45) is 7.05 Å². The average Bonchev–Trinajstić information content (AvgIpc) is 2.86. The van der Waals surface area contributed by atoms with Crippen LogP contribution in [0.3, 0.4) is 0 Å². The summed E-state index contributed by atoms with van der Waals surface area (Å²) in [6.07, 6.45) is 2.15. The molecule has 0 radical (unpaired) electrons. The Morgan fingerprint density at radius 2 is 1.90 bits per heavy atom. The number of nitrogens with zero attached hydrogens (tertiary/aromatic N) is 2. The Morgan fingerprint density at radius 1 is 1.05 bits per heavy atom. The summed E-state index contributed by atoms with van der Waals surface area (Å²) in [5.41, 5.74) is 4.42. The quantitative estimate of drug-likeness (QED) is 0.521. The fourth-order valence-corrected chi connectivity index (χ4v) is 2.85. The van der Waals surface area contributed by atoms with Gasteiger partial charge >= 0.3 is 0 Å². The number of hydrogen-bond acceptors (Lipinski definition) is 2. The van der Waals surface area contributed by atoms with E-state index in [1.165, 1.54) is 10.9 Å². The van der Waals surface area contributed by atoms with Crippen LogP contribution in [0.25, 0.3) is 33.1 Å². The molecular weight excluding hydrogens is 248 g/mol. The van der Waals surface area contributed by atoms with Crippen molar-refractivity contribution in [1.82, 2.24) is 9.55 Å². The summed E-state index contributed by atoms with van der Waals surface area (Å²) < 4.78 is 7.49. The van der Waals surface area contributed by atoms with E-state index in [-0.39, 0.29) is 0 Å².